The molecule has 92 valence electrons. The zero-order valence-corrected chi connectivity index (χ0v) is 10.6. The summed E-state index contributed by atoms with van der Waals surface area (Å²) in [6, 6.07) is 0. The summed E-state index contributed by atoms with van der Waals surface area (Å²) < 4.78 is 0. The van der Waals surface area contributed by atoms with Crippen LogP contribution in [-0.4, -0.2) is 21.9 Å². The lowest BCUT2D eigenvalue weighted by atomic mass is 9.82. The van der Waals surface area contributed by atoms with Crippen molar-refractivity contribution in [2.75, 3.05) is 0 Å². The van der Waals surface area contributed by atoms with Gasteiger partial charge in [-0.1, -0.05) is 12.8 Å². The van der Waals surface area contributed by atoms with E-state index in [0.717, 1.165) is 24.5 Å². The topological polar surface area (TPSA) is 69.1 Å². The van der Waals surface area contributed by atoms with Crippen molar-refractivity contribution in [2.45, 2.75) is 67.4 Å². The van der Waals surface area contributed by atoms with Gasteiger partial charge >= 0.3 is 0 Å². The molecular weight excluding hydrogens is 220 g/mol. The Morgan fingerprint density at radius 1 is 1.12 bits per heavy atom. The van der Waals surface area contributed by atoms with Crippen molar-refractivity contribution in [1.29, 1.82) is 0 Å². The second kappa shape index (κ2) is 4.96. The molecule has 16 heavy (non-hydrogen) atoms. The van der Waals surface area contributed by atoms with Crippen molar-refractivity contribution in [3.63, 3.8) is 0 Å². The molecule has 4 N–H and O–H groups in total. The molecule has 0 spiro atoms. The van der Waals surface area contributed by atoms with Gasteiger partial charge in [-0.25, -0.2) is 0 Å². The van der Waals surface area contributed by atoms with Gasteiger partial charge in [-0.3, -0.25) is 4.79 Å². The molecule has 2 aliphatic carbocycles. The molecule has 0 aromatic heterocycles. The fourth-order valence-electron chi connectivity index (χ4n) is 2.89. The second-order valence-corrected chi connectivity index (χ2v) is 6.89. The first-order valence-electron chi connectivity index (χ1n) is 6.34. The van der Waals surface area contributed by atoms with Crippen molar-refractivity contribution in [3.05, 3.63) is 0 Å². The van der Waals surface area contributed by atoms with Crippen molar-refractivity contribution in [3.8, 4) is 0 Å². The molecule has 1 amide bonds. The lowest BCUT2D eigenvalue weighted by Gasteiger charge is -2.36. The summed E-state index contributed by atoms with van der Waals surface area (Å²) in [6.07, 6.45) is 9.22. The summed E-state index contributed by atoms with van der Waals surface area (Å²) in [5, 5.41) is 1.36. The lowest BCUT2D eigenvalue weighted by molar-refractivity contribution is -0.124. The first kappa shape index (κ1) is 12.2. The van der Waals surface area contributed by atoms with Crippen molar-refractivity contribution < 1.29 is 4.79 Å². The molecule has 0 aromatic carbocycles. The molecule has 2 atom stereocenters. The Morgan fingerprint density at radius 3 is 2.38 bits per heavy atom. The van der Waals surface area contributed by atoms with E-state index in [9.17, 15) is 4.79 Å². The molecule has 2 aliphatic rings. The average Bonchev–Trinajstić information content (AvgIpc) is 2.70. The summed E-state index contributed by atoms with van der Waals surface area (Å²) in [5.41, 5.74) is 10.7. The van der Waals surface area contributed by atoms with E-state index in [4.69, 9.17) is 11.5 Å². The molecule has 0 heterocycles. The van der Waals surface area contributed by atoms with E-state index < -0.39 is 5.54 Å². The fraction of sp³-hybridized carbons (Fsp3) is 0.917. The van der Waals surface area contributed by atoms with E-state index in [0.29, 0.717) is 5.25 Å². The third kappa shape index (κ3) is 2.72. The van der Waals surface area contributed by atoms with Crippen molar-refractivity contribution in [2.24, 2.45) is 11.5 Å². The molecule has 0 aliphatic heterocycles. The number of rotatable bonds is 3. The summed E-state index contributed by atoms with van der Waals surface area (Å²) in [5.74, 6) is -0.316. The van der Waals surface area contributed by atoms with Crippen LogP contribution in [0.5, 0.6) is 0 Å². The number of carbonyl (C=O) groups is 1. The highest BCUT2D eigenvalue weighted by Gasteiger charge is 2.38. The summed E-state index contributed by atoms with van der Waals surface area (Å²) in [6.45, 7) is 0. The van der Waals surface area contributed by atoms with Gasteiger partial charge < -0.3 is 11.5 Å². The van der Waals surface area contributed by atoms with Gasteiger partial charge in [0, 0.05) is 10.5 Å². The smallest absolute Gasteiger partial charge is 0.237 e. The predicted molar refractivity (Wildman–Crippen MR) is 68.2 cm³/mol. The fourth-order valence-corrected chi connectivity index (χ4v) is 4.74. The highest BCUT2D eigenvalue weighted by Crippen LogP contribution is 2.40. The Morgan fingerprint density at radius 2 is 1.75 bits per heavy atom. The maximum absolute atomic E-state index is 11.3. The van der Waals surface area contributed by atoms with Gasteiger partial charge in [0.1, 0.15) is 0 Å². The molecule has 2 fully saturated rings. The molecule has 3 nitrogen and oxygen atoms in total. The van der Waals surface area contributed by atoms with E-state index in [1.54, 1.807) is 0 Å². The standard InChI is InChI=1S/C12H22N2OS/c13-11(15)12(14)7-3-6-10(8-12)16-9-4-1-2-5-9/h9-10H,1-8,14H2,(H2,13,15). The van der Waals surface area contributed by atoms with Crippen LogP contribution in [0.15, 0.2) is 0 Å². The SMILES string of the molecule is NC(=O)C1(N)CCCC(SC2CCCC2)C1. The van der Waals surface area contributed by atoms with Gasteiger partial charge in [0.2, 0.25) is 5.91 Å². The van der Waals surface area contributed by atoms with Crippen molar-refractivity contribution >= 4 is 17.7 Å². The summed E-state index contributed by atoms with van der Waals surface area (Å²) in [4.78, 5) is 11.3. The number of hydrogen-bond donors (Lipinski definition) is 2. The van der Waals surface area contributed by atoms with Crippen LogP contribution in [-0.2, 0) is 4.79 Å². The predicted octanol–water partition coefficient (Wildman–Crippen LogP) is 1.79. The Hall–Kier alpha value is -0.220. The first-order valence-corrected chi connectivity index (χ1v) is 7.29. The molecule has 0 radical (unpaired) electrons. The number of primary amides is 1. The third-order valence-corrected chi connectivity index (χ3v) is 5.56. The van der Waals surface area contributed by atoms with E-state index >= 15 is 0 Å². The monoisotopic (exact) mass is 242 g/mol. The normalized spacial score (nSPS) is 36.4. The summed E-state index contributed by atoms with van der Waals surface area (Å²) >= 11 is 2.06. The number of thioether (sulfide) groups is 1. The van der Waals surface area contributed by atoms with Crippen LogP contribution >= 0.6 is 11.8 Å². The van der Waals surface area contributed by atoms with Crippen LogP contribution in [0.4, 0.5) is 0 Å². The maximum atomic E-state index is 11.3. The van der Waals surface area contributed by atoms with Gasteiger partial charge in [-0.05, 0) is 38.5 Å². The van der Waals surface area contributed by atoms with Gasteiger partial charge in [0.05, 0.1) is 5.54 Å². The van der Waals surface area contributed by atoms with Crippen LogP contribution in [0.1, 0.15) is 51.4 Å². The second-order valence-electron chi connectivity index (χ2n) is 5.28. The average molecular weight is 242 g/mol. The molecule has 0 aromatic rings. The first-order chi connectivity index (χ1) is 7.60. The number of amides is 1. The maximum Gasteiger partial charge on any atom is 0.237 e. The molecule has 4 heteroatoms. The Bertz CT molecular complexity index is 266. The molecular formula is C12H22N2OS. The number of carbonyl (C=O) groups excluding carboxylic acids is 1. The Balaban J connectivity index is 1.88. The largest absolute Gasteiger partial charge is 0.368 e. The van der Waals surface area contributed by atoms with Crippen LogP contribution in [0.25, 0.3) is 0 Å². The Kier molecular flexibility index (Phi) is 3.80. The van der Waals surface area contributed by atoms with Gasteiger partial charge in [-0.2, -0.15) is 11.8 Å². The van der Waals surface area contributed by atoms with E-state index in [-0.39, 0.29) is 5.91 Å². The van der Waals surface area contributed by atoms with Crippen LogP contribution in [0.3, 0.4) is 0 Å². The van der Waals surface area contributed by atoms with Crippen LogP contribution in [0, 0.1) is 0 Å². The minimum absolute atomic E-state index is 0.316. The Labute approximate surface area is 102 Å². The number of hydrogen-bond acceptors (Lipinski definition) is 3. The highest BCUT2D eigenvalue weighted by molar-refractivity contribution is 8.00. The molecule has 2 unspecified atom stereocenters. The van der Waals surface area contributed by atoms with Gasteiger partial charge in [-0.15, -0.1) is 0 Å². The highest BCUT2D eigenvalue weighted by atomic mass is 32.2. The zero-order chi connectivity index (χ0) is 11.6. The van der Waals surface area contributed by atoms with E-state index in [1.807, 2.05) is 0 Å². The number of nitrogens with two attached hydrogens (primary N) is 2. The van der Waals surface area contributed by atoms with E-state index in [2.05, 4.69) is 11.8 Å². The third-order valence-electron chi connectivity index (χ3n) is 3.92. The molecule has 0 bridgehead atoms. The molecule has 0 saturated heterocycles. The van der Waals surface area contributed by atoms with Gasteiger partial charge in [0.25, 0.3) is 0 Å². The summed E-state index contributed by atoms with van der Waals surface area (Å²) in [7, 11) is 0. The lowest BCUT2D eigenvalue weighted by Crippen LogP contribution is -2.55. The molecule has 2 saturated carbocycles. The van der Waals surface area contributed by atoms with Crippen LogP contribution < -0.4 is 11.5 Å². The van der Waals surface area contributed by atoms with Gasteiger partial charge in [0.15, 0.2) is 0 Å². The quantitative estimate of drug-likeness (QED) is 0.792. The van der Waals surface area contributed by atoms with E-state index in [1.165, 1.54) is 32.1 Å². The zero-order valence-electron chi connectivity index (χ0n) is 9.78. The minimum atomic E-state index is -0.728. The van der Waals surface area contributed by atoms with Crippen LogP contribution in [0.2, 0.25) is 0 Å². The minimum Gasteiger partial charge on any atom is -0.368 e. The van der Waals surface area contributed by atoms with Crippen molar-refractivity contribution in [1.82, 2.24) is 0 Å². The molecule has 2 rings (SSSR count).